The van der Waals surface area contributed by atoms with Gasteiger partial charge in [0, 0.05) is 19.3 Å². The molecule has 19 heavy (non-hydrogen) atoms. The number of pyridine rings is 1. The fraction of sp³-hybridized carbons (Fsp3) is 0.500. The van der Waals surface area contributed by atoms with Crippen LogP contribution in [0.15, 0.2) is 23.4 Å². The molecule has 0 aromatic carbocycles. The number of carboxylic acid groups (broad SMARTS) is 1. The molecule has 0 spiro atoms. The van der Waals surface area contributed by atoms with E-state index in [2.05, 4.69) is 4.98 Å². The van der Waals surface area contributed by atoms with Crippen LogP contribution in [0.3, 0.4) is 0 Å². The SMILES string of the molecule is CC1(C)CCN(S(=O)(=O)c2ccc(C(=O)O)cn2)C1. The van der Waals surface area contributed by atoms with Gasteiger partial charge in [-0.3, -0.25) is 0 Å². The van der Waals surface area contributed by atoms with E-state index in [-0.39, 0.29) is 16.0 Å². The van der Waals surface area contributed by atoms with Crippen LogP contribution in [-0.4, -0.2) is 41.9 Å². The lowest BCUT2D eigenvalue weighted by Crippen LogP contribution is -2.31. The molecule has 0 radical (unpaired) electrons. The van der Waals surface area contributed by atoms with Crippen molar-refractivity contribution in [3.8, 4) is 0 Å². The number of carbonyl (C=O) groups is 1. The van der Waals surface area contributed by atoms with Gasteiger partial charge in [0.25, 0.3) is 10.0 Å². The van der Waals surface area contributed by atoms with E-state index >= 15 is 0 Å². The van der Waals surface area contributed by atoms with E-state index in [1.54, 1.807) is 0 Å². The Hall–Kier alpha value is -1.47. The van der Waals surface area contributed by atoms with Crippen molar-refractivity contribution in [2.45, 2.75) is 25.3 Å². The molecule has 1 saturated heterocycles. The zero-order valence-electron chi connectivity index (χ0n) is 10.8. The second-order valence-electron chi connectivity index (χ2n) is 5.44. The fourth-order valence-corrected chi connectivity index (χ4v) is 3.60. The van der Waals surface area contributed by atoms with Crippen molar-refractivity contribution < 1.29 is 18.3 Å². The summed E-state index contributed by atoms with van der Waals surface area (Å²) in [7, 11) is -3.62. The van der Waals surface area contributed by atoms with Crippen LogP contribution in [0.5, 0.6) is 0 Å². The molecule has 0 aliphatic carbocycles. The van der Waals surface area contributed by atoms with Crippen molar-refractivity contribution in [1.29, 1.82) is 0 Å². The molecule has 0 amide bonds. The Bertz CT molecular complexity index is 593. The number of aromatic nitrogens is 1. The van der Waals surface area contributed by atoms with Crippen LogP contribution < -0.4 is 0 Å². The van der Waals surface area contributed by atoms with Gasteiger partial charge in [-0.05, 0) is 24.0 Å². The van der Waals surface area contributed by atoms with E-state index in [0.29, 0.717) is 13.1 Å². The lowest BCUT2D eigenvalue weighted by Gasteiger charge is -2.19. The first-order valence-corrected chi connectivity index (χ1v) is 7.36. The highest BCUT2D eigenvalue weighted by Gasteiger charge is 2.37. The minimum atomic E-state index is -3.62. The van der Waals surface area contributed by atoms with Gasteiger partial charge < -0.3 is 5.11 Å². The van der Waals surface area contributed by atoms with Crippen LogP contribution >= 0.6 is 0 Å². The number of aromatic carboxylic acids is 1. The highest BCUT2D eigenvalue weighted by Crippen LogP contribution is 2.32. The van der Waals surface area contributed by atoms with Gasteiger partial charge in [-0.25, -0.2) is 18.2 Å². The highest BCUT2D eigenvalue weighted by molar-refractivity contribution is 7.89. The maximum Gasteiger partial charge on any atom is 0.337 e. The Kier molecular flexibility index (Phi) is 3.36. The Balaban J connectivity index is 2.28. The lowest BCUT2D eigenvalue weighted by molar-refractivity contribution is 0.0696. The van der Waals surface area contributed by atoms with Crippen LogP contribution in [0, 0.1) is 5.41 Å². The van der Waals surface area contributed by atoms with Crippen LogP contribution in [-0.2, 0) is 10.0 Å². The first-order chi connectivity index (χ1) is 8.72. The molecule has 104 valence electrons. The zero-order chi connectivity index (χ0) is 14.3. The monoisotopic (exact) mass is 284 g/mol. The summed E-state index contributed by atoms with van der Waals surface area (Å²) in [5.41, 5.74) is -0.0608. The van der Waals surface area contributed by atoms with Crippen molar-refractivity contribution in [2.75, 3.05) is 13.1 Å². The first-order valence-electron chi connectivity index (χ1n) is 5.92. The van der Waals surface area contributed by atoms with E-state index in [9.17, 15) is 13.2 Å². The Morgan fingerprint density at radius 3 is 2.53 bits per heavy atom. The minimum absolute atomic E-state index is 0.0271. The normalized spacial score (nSPS) is 19.5. The summed E-state index contributed by atoms with van der Waals surface area (Å²) in [4.78, 5) is 14.5. The number of rotatable bonds is 3. The van der Waals surface area contributed by atoms with E-state index < -0.39 is 16.0 Å². The second-order valence-corrected chi connectivity index (χ2v) is 7.33. The molecule has 1 aromatic rings. The van der Waals surface area contributed by atoms with Crippen molar-refractivity contribution >= 4 is 16.0 Å². The molecule has 6 nitrogen and oxygen atoms in total. The molecule has 1 fully saturated rings. The summed E-state index contributed by atoms with van der Waals surface area (Å²) in [6.45, 7) is 4.96. The second kappa shape index (κ2) is 4.57. The molecule has 7 heteroatoms. The third-order valence-corrected chi connectivity index (χ3v) is 4.99. The maximum atomic E-state index is 12.3. The number of carboxylic acids is 1. The van der Waals surface area contributed by atoms with E-state index in [4.69, 9.17) is 5.11 Å². The summed E-state index contributed by atoms with van der Waals surface area (Å²) in [6, 6.07) is 2.49. The quantitative estimate of drug-likeness (QED) is 0.901. The lowest BCUT2D eigenvalue weighted by atomic mass is 9.93. The number of nitrogens with zero attached hydrogens (tertiary/aromatic N) is 2. The van der Waals surface area contributed by atoms with E-state index in [1.807, 2.05) is 13.8 Å². The van der Waals surface area contributed by atoms with E-state index in [1.165, 1.54) is 16.4 Å². The Labute approximate surface area is 112 Å². The summed E-state index contributed by atoms with van der Waals surface area (Å²) in [6.07, 6.45) is 1.87. The summed E-state index contributed by atoms with van der Waals surface area (Å²) in [5.74, 6) is -1.13. The molecule has 2 rings (SSSR count). The minimum Gasteiger partial charge on any atom is -0.478 e. The maximum absolute atomic E-state index is 12.3. The van der Waals surface area contributed by atoms with Gasteiger partial charge in [0.15, 0.2) is 5.03 Å². The molecule has 0 atom stereocenters. The fourth-order valence-electron chi connectivity index (χ4n) is 2.06. The Morgan fingerprint density at radius 2 is 2.11 bits per heavy atom. The smallest absolute Gasteiger partial charge is 0.337 e. The largest absolute Gasteiger partial charge is 0.478 e. The van der Waals surface area contributed by atoms with Crippen LogP contribution in [0.4, 0.5) is 0 Å². The van der Waals surface area contributed by atoms with Crippen molar-refractivity contribution in [1.82, 2.24) is 9.29 Å². The zero-order valence-corrected chi connectivity index (χ0v) is 11.6. The van der Waals surface area contributed by atoms with Gasteiger partial charge in [-0.15, -0.1) is 0 Å². The van der Waals surface area contributed by atoms with Gasteiger partial charge in [-0.2, -0.15) is 4.31 Å². The van der Waals surface area contributed by atoms with Gasteiger partial charge >= 0.3 is 5.97 Å². The van der Waals surface area contributed by atoms with Gasteiger partial charge in [0.05, 0.1) is 5.56 Å². The van der Waals surface area contributed by atoms with Crippen LogP contribution in [0.2, 0.25) is 0 Å². The average Bonchev–Trinajstić information content (AvgIpc) is 2.70. The van der Waals surface area contributed by atoms with Crippen LogP contribution in [0.25, 0.3) is 0 Å². The van der Waals surface area contributed by atoms with Crippen LogP contribution in [0.1, 0.15) is 30.6 Å². The van der Waals surface area contributed by atoms with Crippen molar-refractivity contribution in [2.24, 2.45) is 5.41 Å². The number of hydrogen-bond donors (Lipinski definition) is 1. The molecule has 0 bridgehead atoms. The molecule has 1 aliphatic heterocycles. The number of sulfonamides is 1. The predicted octanol–water partition coefficient (Wildman–Crippen LogP) is 1.20. The van der Waals surface area contributed by atoms with Crippen molar-refractivity contribution in [3.63, 3.8) is 0 Å². The van der Waals surface area contributed by atoms with Gasteiger partial charge in [-0.1, -0.05) is 13.8 Å². The standard InChI is InChI=1S/C12H16N2O4S/c1-12(2)5-6-14(8-12)19(17,18)10-4-3-9(7-13-10)11(15)16/h3-4,7H,5-6,8H2,1-2H3,(H,15,16). The highest BCUT2D eigenvalue weighted by atomic mass is 32.2. The summed E-state index contributed by atoms with van der Waals surface area (Å²) < 4.78 is 26.0. The average molecular weight is 284 g/mol. The van der Waals surface area contributed by atoms with Gasteiger partial charge in [0.1, 0.15) is 0 Å². The topological polar surface area (TPSA) is 87.6 Å². The molecule has 0 unspecified atom stereocenters. The molecular formula is C12H16N2O4S. The molecule has 1 aromatic heterocycles. The predicted molar refractivity (Wildman–Crippen MR) is 68.4 cm³/mol. The molecule has 2 heterocycles. The molecule has 1 aliphatic rings. The summed E-state index contributed by atoms with van der Waals surface area (Å²) >= 11 is 0. The third kappa shape index (κ3) is 2.76. The third-order valence-electron chi connectivity index (χ3n) is 3.23. The van der Waals surface area contributed by atoms with E-state index in [0.717, 1.165) is 12.6 Å². The molecular weight excluding hydrogens is 268 g/mol. The van der Waals surface area contributed by atoms with Gasteiger partial charge in [0.2, 0.25) is 0 Å². The summed E-state index contributed by atoms with van der Waals surface area (Å²) in [5, 5.41) is 8.66. The number of hydrogen-bond acceptors (Lipinski definition) is 4. The first kappa shape index (κ1) is 14.0. The molecule has 0 saturated carbocycles. The van der Waals surface area contributed by atoms with Crippen molar-refractivity contribution in [3.05, 3.63) is 23.9 Å². The molecule has 1 N–H and O–H groups in total. The Morgan fingerprint density at radius 1 is 1.42 bits per heavy atom.